The number of aliphatic hydroxyl groups is 1. The average molecular weight is 703 g/mol. The summed E-state index contributed by atoms with van der Waals surface area (Å²) in [6.45, 7) is 21.4. The van der Waals surface area contributed by atoms with Gasteiger partial charge in [-0.25, -0.2) is 0 Å². The van der Waals surface area contributed by atoms with Gasteiger partial charge in [0.25, 0.3) is 0 Å². The smallest absolute Gasteiger partial charge is 0.0781 e. The van der Waals surface area contributed by atoms with Crippen molar-refractivity contribution in [1.82, 2.24) is 0 Å². The van der Waals surface area contributed by atoms with Crippen LogP contribution in [-0.2, 0) is 61.6 Å². The Morgan fingerprint density at radius 2 is 0.625 bits per heavy atom. The Bertz CT molecular complexity index is 606. The van der Waals surface area contributed by atoms with Gasteiger partial charge < -0.3 is 66.7 Å². The minimum absolute atomic E-state index is 0.00229. The fourth-order valence-electron chi connectivity index (χ4n) is 3.60. The first-order chi connectivity index (χ1) is 23.5. The lowest BCUT2D eigenvalue weighted by atomic mass is 10.3. The quantitative estimate of drug-likeness (QED) is 0.0934. The van der Waals surface area contributed by atoms with Crippen LogP contribution in [0.2, 0.25) is 0 Å². The molecule has 0 rings (SSSR count). The lowest BCUT2D eigenvalue weighted by molar-refractivity contribution is -0.0961. The van der Waals surface area contributed by atoms with E-state index in [1.807, 2.05) is 27.7 Å². The third-order valence-corrected chi connectivity index (χ3v) is 6.31. The first-order valence-electron chi connectivity index (χ1n) is 17.8. The SMILES string of the molecule is CCCCOCCOCC(C)OCC(C)OCC(C)OCC(C)OCCOCCOCCOCCOCCOCCOCCOCCO. The monoisotopic (exact) mass is 702 g/mol. The van der Waals surface area contributed by atoms with Gasteiger partial charge in [-0.05, 0) is 34.1 Å². The highest BCUT2D eigenvalue weighted by Gasteiger charge is 2.12. The zero-order valence-electron chi connectivity index (χ0n) is 30.7. The predicted molar refractivity (Wildman–Crippen MR) is 181 cm³/mol. The summed E-state index contributed by atoms with van der Waals surface area (Å²) in [6, 6.07) is 0. The number of unbranched alkanes of at least 4 members (excludes halogenated alkanes) is 1. The minimum Gasteiger partial charge on any atom is -0.394 e. The molecule has 0 heterocycles. The maximum atomic E-state index is 8.59. The van der Waals surface area contributed by atoms with Crippen LogP contribution in [0.4, 0.5) is 0 Å². The first-order valence-corrected chi connectivity index (χ1v) is 17.8. The van der Waals surface area contributed by atoms with Gasteiger partial charge in [-0.2, -0.15) is 0 Å². The van der Waals surface area contributed by atoms with Crippen molar-refractivity contribution in [2.75, 3.05) is 152 Å². The summed E-state index contributed by atoms with van der Waals surface area (Å²) in [5.41, 5.74) is 0. The highest BCUT2D eigenvalue weighted by atomic mass is 16.6. The number of aliphatic hydroxyl groups excluding tert-OH is 1. The molecule has 4 atom stereocenters. The van der Waals surface area contributed by atoms with Gasteiger partial charge in [0.05, 0.1) is 170 Å². The molecule has 14 heteroatoms. The van der Waals surface area contributed by atoms with E-state index in [1.165, 1.54) is 0 Å². The fraction of sp³-hybridized carbons (Fsp3) is 1.00. The summed E-state index contributed by atoms with van der Waals surface area (Å²) in [6.07, 6.45) is 2.08. The maximum Gasteiger partial charge on any atom is 0.0781 e. The molecular formula is C34H70O14. The second-order valence-corrected chi connectivity index (χ2v) is 11.2. The van der Waals surface area contributed by atoms with E-state index in [-0.39, 0.29) is 31.0 Å². The van der Waals surface area contributed by atoms with Gasteiger partial charge >= 0.3 is 0 Å². The molecule has 14 nitrogen and oxygen atoms in total. The summed E-state index contributed by atoms with van der Waals surface area (Å²) in [4.78, 5) is 0. The predicted octanol–water partition coefficient (Wildman–Crippen LogP) is 2.55. The van der Waals surface area contributed by atoms with Crippen molar-refractivity contribution in [3.05, 3.63) is 0 Å². The van der Waals surface area contributed by atoms with Gasteiger partial charge in [-0.1, -0.05) is 13.3 Å². The molecule has 0 spiro atoms. The van der Waals surface area contributed by atoms with Crippen molar-refractivity contribution in [2.45, 2.75) is 71.9 Å². The molecule has 0 saturated heterocycles. The molecule has 4 unspecified atom stereocenters. The number of ether oxygens (including phenoxy) is 13. The highest BCUT2D eigenvalue weighted by molar-refractivity contribution is 4.57. The number of hydrogen-bond acceptors (Lipinski definition) is 14. The van der Waals surface area contributed by atoms with Crippen molar-refractivity contribution in [3.8, 4) is 0 Å². The van der Waals surface area contributed by atoms with E-state index in [4.69, 9.17) is 66.7 Å². The molecule has 0 radical (unpaired) electrons. The van der Waals surface area contributed by atoms with Crippen molar-refractivity contribution in [3.63, 3.8) is 0 Å². The highest BCUT2D eigenvalue weighted by Crippen LogP contribution is 2.03. The lowest BCUT2D eigenvalue weighted by Crippen LogP contribution is -2.28. The molecule has 0 fully saturated rings. The van der Waals surface area contributed by atoms with Crippen LogP contribution in [0.15, 0.2) is 0 Å². The lowest BCUT2D eigenvalue weighted by Gasteiger charge is -2.21. The van der Waals surface area contributed by atoms with Crippen LogP contribution in [0.5, 0.6) is 0 Å². The van der Waals surface area contributed by atoms with Crippen LogP contribution in [0.3, 0.4) is 0 Å². The topological polar surface area (TPSA) is 140 Å². The van der Waals surface area contributed by atoms with Gasteiger partial charge in [0, 0.05) is 6.61 Å². The van der Waals surface area contributed by atoms with Crippen LogP contribution >= 0.6 is 0 Å². The first kappa shape index (κ1) is 47.4. The molecule has 0 aliphatic rings. The minimum atomic E-state index is -0.0524. The summed E-state index contributed by atoms with van der Waals surface area (Å²) < 4.78 is 72.3. The van der Waals surface area contributed by atoms with Crippen LogP contribution < -0.4 is 0 Å². The van der Waals surface area contributed by atoms with Crippen LogP contribution in [0.1, 0.15) is 47.5 Å². The standard InChI is InChI=1S/C34H70O14/c1-6-7-9-36-23-24-44-27-31(2)46-29-33(4)48-30-34(5)47-28-32(3)45-26-25-43-22-21-42-20-19-41-18-17-40-16-15-39-14-13-38-12-11-37-10-8-35/h31-35H,6-30H2,1-5H3. The number of rotatable bonds is 41. The summed E-state index contributed by atoms with van der Waals surface area (Å²) in [7, 11) is 0. The van der Waals surface area contributed by atoms with E-state index in [1.54, 1.807) is 0 Å². The Kier molecular flexibility index (Phi) is 38.8. The van der Waals surface area contributed by atoms with Gasteiger partial charge in [-0.15, -0.1) is 0 Å². The molecular weight excluding hydrogens is 632 g/mol. The molecule has 0 aromatic heterocycles. The Balaban J connectivity index is 3.38. The van der Waals surface area contributed by atoms with Crippen molar-refractivity contribution >= 4 is 0 Å². The van der Waals surface area contributed by atoms with Crippen molar-refractivity contribution < 1.29 is 66.7 Å². The molecule has 48 heavy (non-hydrogen) atoms. The van der Waals surface area contributed by atoms with Crippen LogP contribution in [0.25, 0.3) is 0 Å². The summed E-state index contributed by atoms with van der Waals surface area (Å²) in [5, 5.41) is 8.59. The Morgan fingerprint density at radius 3 is 1.00 bits per heavy atom. The van der Waals surface area contributed by atoms with E-state index in [0.717, 1.165) is 19.4 Å². The zero-order valence-corrected chi connectivity index (χ0v) is 30.7. The fourth-order valence-corrected chi connectivity index (χ4v) is 3.60. The largest absolute Gasteiger partial charge is 0.394 e. The average Bonchev–Trinajstić information content (AvgIpc) is 3.08. The summed E-state index contributed by atoms with van der Waals surface area (Å²) in [5.74, 6) is 0. The third-order valence-electron chi connectivity index (χ3n) is 6.31. The normalized spacial score (nSPS) is 14.4. The Labute approximate surface area is 290 Å². The molecule has 0 aliphatic heterocycles. The molecule has 0 aliphatic carbocycles. The molecule has 0 saturated carbocycles. The van der Waals surface area contributed by atoms with E-state index in [9.17, 15) is 0 Å². The van der Waals surface area contributed by atoms with E-state index in [0.29, 0.717) is 139 Å². The molecule has 0 bridgehead atoms. The van der Waals surface area contributed by atoms with Gasteiger partial charge in [0.2, 0.25) is 0 Å². The molecule has 0 aromatic carbocycles. The van der Waals surface area contributed by atoms with Crippen LogP contribution in [0, 0.1) is 0 Å². The van der Waals surface area contributed by atoms with E-state index in [2.05, 4.69) is 6.92 Å². The van der Waals surface area contributed by atoms with Crippen LogP contribution in [-0.4, -0.2) is 181 Å². The molecule has 1 N–H and O–H groups in total. The second kappa shape index (κ2) is 39.2. The third kappa shape index (κ3) is 38.2. The maximum absolute atomic E-state index is 8.59. The summed E-state index contributed by atoms with van der Waals surface area (Å²) >= 11 is 0. The Hall–Kier alpha value is -0.560. The molecule has 290 valence electrons. The molecule has 0 amide bonds. The molecule has 0 aromatic rings. The van der Waals surface area contributed by atoms with Gasteiger partial charge in [0.15, 0.2) is 0 Å². The Morgan fingerprint density at radius 1 is 0.333 bits per heavy atom. The van der Waals surface area contributed by atoms with Crippen molar-refractivity contribution in [2.24, 2.45) is 0 Å². The van der Waals surface area contributed by atoms with Gasteiger partial charge in [0.1, 0.15) is 0 Å². The van der Waals surface area contributed by atoms with E-state index >= 15 is 0 Å². The zero-order chi connectivity index (χ0) is 35.2. The second-order valence-electron chi connectivity index (χ2n) is 11.2. The van der Waals surface area contributed by atoms with Gasteiger partial charge in [-0.3, -0.25) is 0 Å². The van der Waals surface area contributed by atoms with Crippen molar-refractivity contribution in [1.29, 1.82) is 0 Å². The number of hydrogen-bond donors (Lipinski definition) is 1. The van der Waals surface area contributed by atoms with E-state index < -0.39 is 0 Å².